The fraction of sp³-hybridized carbons (Fsp3) is 0.316. The molecule has 5 heteroatoms. The zero-order chi connectivity index (χ0) is 17.3. The van der Waals surface area contributed by atoms with E-state index in [0.29, 0.717) is 22.8 Å². The Labute approximate surface area is 154 Å². The lowest BCUT2D eigenvalue weighted by atomic mass is 9.84. The van der Waals surface area contributed by atoms with Gasteiger partial charge >= 0.3 is 6.09 Å². The van der Waals surface area contributed by atoms with E-state index >= 15 is 0 Å². The molecule has 126 valence electrons. The number of nitrogens with one attached hydrogen (secondary N) is 1. The largest absolute Gasteiger partial charge is 0.438 e. The number of cyclic esters (lactones) is 1. The number of fused-ring (bicyclic) bond motifs is 1. The number of carbonyl (C=O) groups is 1. The van der Waals surface area contributed by atoms with Gasteiger partial charge in [-0.2, -0.15) is 0 Å². The average molecular weight is 439 g/mol. The first kappa shape index (κ1) is 17.2. The van der Waals surface area contributed by atoms with Crippen molar-refractivity contribution >= 4 is 34.4 Å². The van der Waals surface area contributed by atoms with Gasteiger partial charge in [0.15, 0.2) is 0 Å². The second kappa shape index (κ2) is 6.70. The highest BCUT2D eigenvalue weighted by molar-refractivity contribution is 14.1. The van der Waals surface area contributed by atoms with Crippen molar-refractivity contribution in [3.8, 4) is 11.1 Å². The first-order valence-electron chi connectivity index (χ1n) is 8.02. The molecule has 3 nitrogen and oxygen atoms in total. The SMILES string of the molecule is CCC1(CC)OC(=O)Nc2ccc(-c3ccc(F)c(CI)c3)cc21. The van der Waals surface area contributed by atoms with Gasteiger partial charge in [-0.05, 0) is 53.8 Å². The van der Waals surface area contributed by atoms with Gasteiger partial charge in [0.1, 0.15) is 11.4 Å². The highest BCUT2D eigenvalue weighted by atomic mass is 127. The quantitative estimate of drug-likeness (QED) is 0.469. The third-order valence-corrected chi connectivity index (χ3v) is 5.52. The zero-order valence-corrected chi connectivity index (χ0v) is 15.8. The molecule has 0 spiro atoms. The van der Waals surface area contributed by atoms with Gasteiger partial charge in [0.25, 0.3) is 0 Å². The summed E-state index contributed by atoms with van der Waals surface area (Å²) >= 11 is 2.16. The summed E-state index contributed by atoms with van der Waals surface area (Å²) in [4.78, 5) is 11.9. The molecule has 0 aromatic heterocycles. The third kappa shape index (κ3) is 2.90. The summed E-state index contributed by atoms with van der Waals surface area (Å²) in [6.07, 6.45) is 0.999. The normalized spacial score (nSPS) is 15.4. The minimum Gasteiger partial charge on any atom is -0.438 e. The van der Waals surface area contributed by atoms with Gasteiger partial charge in [-0.1, -0.05) is 48.6 Å². The number of rotatable bonds is 4. The molecule has 2 aromatic rings. The van der Waals surface area contributed by atoms with Crippen LogP contribution in [0.1, 0.15) is 37.8 Å². The zero-order valence-electron chi connectivity index (χ0n) is 13.7. The van der Waals surface area contributed by atoms with E-state index in [9.17, 15) is 9.18 Å². The van der Waals surface area contributed by atoms with Crippen molar-refractivity contribution < 1.29 is 13.9 Å². The Bertz CT molecular complexity index is 787. The van der Waals surface area contributed by atoms with E-state index in [1.165, 1.54) is 6.07 Å². The number of hydrogen-bond acceptors (Lipinski definition) is 2. The van der Waals surface area contributed by atoms with E-state index in [4.69, 9.17) is 4.74 Å². The molecule has 0 aliphatic carbocycles. The molecule has 0 unspecified atom stereocenters. The van der Waals surface area contributed by atoms with Crippen LogP contribution in [-0.4, -0.2) is 6.09 Å². The van der Waals surface area contributed by atoms with Crippen LogP contribution in [0.25, 0.3) is 11.1 Å². The molecule has 0 bridgehead atoms. The summed E-state index contributed by atoms with van der Waals surface area (Å²) in [7, 11) is 0. The highest BCUT2D eigenvalue weighted by Crippen LogP contribution is 2.42. The van der Waals surface area contributed by atoms with Crippen molar-refractivity contribution in [3.05, 3.63) is 53.3 Å². The second-order valence-electron chi connectivity index (χ2n) is 5.92. The molecule has 2 aromatic carbocycles. The first-order chi connectivity index (χ1) is 11.5. The highest BCUT2D eigenvalue weighted by Gasteiger charge is 2.39. The van der Waals surface area contributed by atoms with Crippen molar-refractivity contribution in [1.29, 1.82) is 0 Å². The molecule has 0 atom stereocenters. The fourth-order valence-corrected chi connectivity index (χ4v) is 3.79. The van der Waals surface area contributed by atoms with Crippen LogP contribution in [0.5, 0.6) is 0 Å². The monoisotopic (exact) mass is 439 g/mol. The lowest BCUT2D eigenvalue weighted by Gasteiger charge is -2.37. The molecule has 1 aliphatic heterocycles. The van der Waals surface area contributed by atoms with E-state index < -0.39 is 11.7 Å². The van der Waals surface area contributed by atoms with Crippen LogP contribution in [0, 0.1) is 5.82 Å². The average Bonchev–Trinajstić information content (AvgIpc) is 2.61. The van der Waals surface area contributed by atoms with E-state index in [0.717, 1.165) is 22.4 Å². The number of benzene rings is 2. The minimum absolute atomic E-state index is 0.182. The molecule has 1 heterocycles. The van der Waals surface area contributed by atoms with Crippen LogP contribution >= 0.6 is 22.6 Å². The predicted octanol–water partition coefficient (Wildman–Crippen LogP) is 6.01. The standard InChI is InChI=1S/C19H19FINO2/c1-3-19(4-2)15-10-13(6-8-17(15)22-18(23)24-19)12-5-7-16(20)14(9-12)11-21/h5-10H,3-4,11H2,1-2H3,(H,22,23). The van der Waals surface area contributed by atoms with Crippen molar-refractivity contribution in [2.75, 3.05) is 5.32 Å². The Morgan fingerprint density at radius 1 is 1.12 bits per heavy atom. The van der Waals surface area contributed by atoms with Gasteiger partial charge < -0.3 is 4.74 Å². The molecule has 1 amide bonds. The minimum atomic E-state index is -0.611. The van der Waals surface area contributed by atoms with Crippen LogP contribution < -0.4 is 5.32 Å². The van der Waals surface area contributed by atoms with Crippen LogP contribution in [0.15, 0.2) is 36.4 Å². The van der Waals surface area contributed by atoms with Crippen LogP contribution in [0.2, 0.25) is 0 Å². The Balaban J connectivity index is 2.12. The van der Waals surface area contributed by atoms with Gasteiger partial charge in [0.2, 0.25) is 0 Å². The summed E-state index contributed by atoms with van der Waals surface area (Å²) < 4.78 is 20.0. The molecular formula is C19H19FINO2. The lowest BCUT2D eigenvalue weighted by Crippen LogP contribution is -2.38. The number of amides is 1. The summed E-state index contributed by atoms with van der Waals surface area (Å²) in [5, 5.41) is 2.77. The topological polar surface area (TPSA) is 38.3 Å². The number of carbonyl (C=O) groups excluding carboxylic acids is 1. The predicted molar refractivity (Wildman–Crippen MR) is 102 cm³/mol. The Kier molecular flexibility index (Phi) is 4.80. The Hall–Kier alpha value is -1.63. The summed E-state index contributed by atoms with van der Waals surface area (Å²) in [5.41, 5.74) is 3.79. The molecule has 0 saturated carbocycles. The Morgan fingerprint density at radius 3 is 2.46 bits per heavy atom. The van der Waals surface area contributed by atoms with Gasteiger partial charge in [0, 0.05) is 9.99 Å². The van der Waals surface area contributed by atoms with Crippen molar-refractivity contribution in [2.45, 2.75) is 36.7 Å². The van der Waals surface area contributed by atoms with E-state index in [1.54, 1.807) is 6.07 Å². The maximum atomic E-state index is 13.8. The summed E-state index contributed by atoms with van der Waals surface area (Å²) in [6, 6.07) is 11.1. The van der Waals surface area contributed by atoms with Crippen LogP contribution in [0.3, 0.4) is 0 Å². The smallest absolute Gasteiger partial charge is 0.412 e. The third-order valence-electron chi connectivity index (χ3n) is 4.70. The number of anilines is 1. The van der Waals surface area contributed by atoms with Crippen LogP contribution in [-0.2, 0) is 14.8 Å². The molecular weight excluding hydrogens is 420 g/mol. The molecule has 0 saturated heterocycles. The molecule has 1 aliphatic rings. The molecule has 24 heavy (non-hydrogen) atoms. The number of halogens is 2. The van der Waals surface area contributed by atoms with Gasteiger partial charge in [-0.15, -0.1) is 0 Å². The number of alkyl halides is 1. The summed E-state index contributed by atoms with van der Waals surface area (Å²) in [6.45, 7) is 4.04. The lowest BCUT2D eigenvalue weighted by molar-refractivity contribution is 0.00476. The molecule has 1 N–H and O–H groups in total. The summed E-state index contributed by atoms with van der Waals surface area (Å²) in [5.74, 6) is -0.182. The maximum absolute atomic E-state index is 13.8. The van der Waals surface area contributed by atoms with E-state index in [-0.39, 0.29) is 5.82 Å². The molecule has 0 radical (unpaired) electrons. The second-order valence-corrected chi connectivity index (χ2v) is 6.68. The number of hydrogen-bond donors (Lipinski definition) is 1. The van der Waals surface area contributed by atoms with Crippen molar-refractivity contribution in [2.24, 2.45) is 0 Å². The fourth-order valence-electron chi connectivity index (χ4n) is 3.21. The maximum Gasteiger partial charge on any atom is 0.412 e. The molecule has 0 fully saturated rings. The van der Waals surface area contributed by atoms with E-state index in [1.807, 2.05) is 38.1 Å². The number of ether oxygens (including phenoxy) is 1. The first-order valence-corrected chi connectivity index (χ1v) is 9.55. The van der Waals surface area contributed by atoms with Gasteiger partial charge in [-0.25, -0.2) is 9.18 Å². The van der Waals surface area contributed by atoms with Crippen molar-refractivity contribution in [1.82, 2.24) is 0 Å². The molecule has 3 rings (SSSR count). The van der Waals surface area contributed by atoms with Crippen LogP contribution in [0.4, 0.5) is 14.9 Å². The van der Waals surface area contributed by atoms with E-state index in [2.05, 4.69) is 27.9 Å². The van der Waals surface area contributed by atoms with Gasteiger partial charge in [-0.3, -0.25) is 5.32 Å². The van der Waals surface area contributed by atoms with Gasteiger partial charge in [0.05, 0.1) is 5.69 Å². The Morgan fingerprint density at radius 2 is 1.79 bits per heavy atom. The van der Waals surface area contributed by atoms with Crippen molar-refractivity contribution in [3.63, 3.8) is 0 Å².